The van der Waals surface area contributed by atoms with E-state index in [0.717, 1.165) is 25.2 Å². The van der Waals surface area contributed by atoms with E-state index in [2.05, 4.69) is 21.7 Å². The quantitative estimate of drug-likeness (QED) is 0.860. The Balaban J connectivity index is 1.80. The summed E-state index contributed by atoms with van der Waals surface area (Å²) in [6, 6.07) is 9.46. The number of nitrogens with zero attached hydrogens (tertiary/aromatic N) is 1. The summed E-state index contributed by atoms with van der Waals surface area (Å²) in [4.78, 5) is 16.1. The van der Waals surface area contributed by atoms with Crippen LogP contribution in [0.2, 0.25) is 0 Å². The van der Waals surface area contributed by atoms with Crippen molar-refractivity contribution in [1.82, 2.24) is 10.3 Å². The molecule has 0 saturated carbocycles. The van der Waals surface area contributed by atoms with E-state index in [1.54, 1.807) is 24.5 Å². The highest BCUT2D eigenvalue weighted by Crippen LogP contribution is 2.17. The predicted octanol–water partition coefficient (Wildman–Crippen LogP) is 1.98. The molecule has 0 spiro atoms. The molecule has 4 heteroatoms. The number of fused-ring (bicyclic) bond motifs is 1. The summed E-state index contributed by atoms with van der Waals surface area (Å²) in [6.45, 7) is 1.85. The van der Waals surface area contributed by atoms with Gasteiger partial charge in [0.2, 0.25) is 0 Å². The number of benzene rings is 1. The molecule has 96 valence electrons. The van der Waals surface area contributed by atoms with Crippen molar-refractivity contribution in [3.63, 3.8) is 0 Å². The topological polar surface area (TPSA) is 54.0 Å². The molecule has 2 aromatic rings. The van der Waals surface area contributed by atoms with Crippen LogP contribution in [0.3, 0.4) is 0 Å². The molecule has 1 aliphatic heterocycles. The maximum absolute atomic E-state index is 12.1. The lowest BCUT2D eigenvalue weighted by Crippen LogP contribution is -2.24. The highest BCUT2D eigenvalue weighted by Gasteiger charge is 2.12. The number of carbonyl (C=O) groups excluding carboxylic acids is 1. The Bertz CT molecular complexity index is 596. The van der Waals surface area contributed by atoms with Crippen LogP contribution >= 0.6 is 0 Å². The zero-order valence-electron chi connectivity index (χ0n) is 10.5. The second kappa shape index (κ2) is 5.20. The van der Waals surface area contributed by atoms with Crippen LogP contribution in [0.25, 0.3) is 0 Å². The van der Waals surface area contributed by atoms with E-state index in [0.29, 0.717) is 5.56 Å². The van der Waals surface area contributed by atoms with Crippen LogP contribution < -0.4 is 10.6 Å². The number of hydrogen-bond acceptors (Lipinski definition) is 3. The Morgan fingerprint density at radius 2 is 2.00 bits per heavy atom. The third kappa shape index (κ3) is 2.63. The van der Waals surface area contributed by atoms with Crippen molar-refractivity contribution in [3.05, 3.63) is 59.4 Å². The van der Waals surface area contributed by atoms with Gasteiger partial charge in [0.25, 0.3) is 5.91 Å². The molecule has 2 heterocycles. The van der Waals surface area contributed by atoms with Gasteiger partial charge in [0.1, 0.15) is 0 Å². The minimum absolute atomic E-state index is 0.0837. The SMILES string of the molecule is O=C(Nc1ccncc1)c1ccc2c(c1)CNCC2. The normalized spacial score (nSPS) is 13.7. The van der Waals surface area contributed by atoms with Gasteiger partial charge in [-0.05, 0) is 48.4 Å². The van der Waals surface area contributed by atoms with Crippen molar-refractivity contribution in [1.29, 1.82) is 0 Å². The van der Waals surface area contributed by atoms with Gasteiger partial charge in [0, 0.05) is 30.2 Å². The fourth-order valence-corrected chi connectivity index (χ4v) is 2.26. The number of amides is 1. The van der Waals surface area contributed by atoms with Crippen molar-refractivity contribution < 1.29 is 4.79 Å². The first-order chi connectivity index (χ1) is 9.33. The van der Waals surface area contributed by atoms with Crippen molar-refractivity contribution in [2.45, 2.75) is 13.0 Å². The smallest absolute Gasteiger partial charge is 0.255 e. The fourth-order valence-electron chi connectivity index (χ4n) is 2.26. The lowest BCUT2D eigenvalue weighted by molar-refractivity contribution is 0.102. The van der Waals surface area contributed by atoms with Gasteiger partial charge in [-0.15, -0.1) is 0 Å². The van der Waals surface area contributed by atoms with Gasteiger partial charge in [-0.2, -0.15) is 0 Å². The second-order valence-electron chi connectivity index (χ2n) is 4.60. The summed E-state index contributed by atoms with van der Waals surface area (Å²) in [6.07, 6.45) is 4.35. The van der Waals surface area contributed by atoms with Crippen LogP contribution in [-0.4, -0.2) is 17.4 Å². The van der Waals surface area contributed by atoms with Gasteiger partial charge in [-0.25, -0.2) is 0 Å². The number of nitrogens with one attached hydrogen (secondary N) is 2. The van der Waals surface area contributed by atoms with Gasteiger partial charge in [0.05, 0.1) is 0 Å². The average molecular weight is 253 g/mol. The summed E-state index contributed by atoms with van der Waals surface area (Å²) in [5, 5.41) is 6.18. The largest absolute Gasteiger partial charge is 0.322 e. The molecule has 3 rings (SSSR count). The van der Waals surface area contributed by atoms with Gasteiger partial charge >= 0.3 is 0 Å². The molecule has 1 aromatic carbocycles. The van der Waals surface area contributed by atoms with Crippen LogP contribution in [-0.2, 0) is 13.0 Å². The first-order valence-corrected chi connectivity index (χ1v) is 6.37. The van der Waals surface area contributed by atoms with Crippen LogP contribution in [0.4, 0.5) is 5.69 Å². The molecule has 0 aliphatic carbocycles. The Labute approximate surface area is 111 Å². The first kappa shape index (κ1) is 11.9. The van der Waals surface area contributed by atoms with E-state index in [-0.39, 0.29) is 5.91 Å². The number of anilines is 1. The molecular weight excluding hydrogens is 238 g/mol. The zero-order valence-corrected chi connectivity index (χ0v) is 10.5. The summed E-state index contributed by atoms with van der Waals surface area (Å²) >= 11 is 0. The van der Waals surface area contributed by atoms with Crippen LogP contribution in [0.15, 0.2) is 42.7 Å². The molecule has 19 heavy (non-hydrogen) atoms. The van der Waals surface area contributed by atoms with Crippen molar-refractivity contribution >= 4 is 11.6 Å². The number of hydrogen-bond donors (Lipinski definition) is 2. The molecule has 1 aromatic heterocycles. The number of aromatic nitrogens is 1. The Hall–Kier alpha value is -2.20. The first-order valence-electron chi connectivity index (χ1n) is 6.37. The third-order valence-corrected chi connectivity index (χ3v) is 3.29. The maximum atomic E-state index is 12.1. The number of carbonyl (C=O) groups is 1. The highest BCUT2D eigenvalue weighted by molar-refractivity contribution is 6.04. The van der Waals surface area contributed by atoms with Gasteiger partial charge < -0.3 is 10.6 Å². The van der Waals surface area contributed by atoms with E-state index in [9.17, 15) is 4.79 Å². The maximum Gasteiger partial charge on any atom is 0.255 e. The molecule has 0 bridgehead atoms. The van der Waals surface area contributed by atoms with E-state index >= 15 is 0 Å². The third-order valence-electron chi connectivity index (χ3n) is 3.29. The Kier molecular flexibility index (Phi) is 3.25. The van der Waals surface area contributed by atoms with E-state index in [1.165, 1.54) is 11.1 Å². The lowest BCUT2D eigenvalue weighted by Gasteiger charge is -2.17. The van der Waals surface area contributed by atoms with Crippen LogP contribution in [0.1, 0.15) is 21.5 Å². The molecule has 1 aliphatic rings. The lowest BCUT2D eigenvalue weighted by atomic mass is 9.98. The molecule has 1 amide bonds. The van der Waals surface area contributed by atoms with E-state index in [4.69, 9.17) is 0 Å². The summed E-state index contributed by atoms with van der Waals surface area (Å²) in [7, 11) is 0. The van der Waals surface area contributed by atoms with Crippen molar-refractivity contribution in [3.8, 4) is 0 Å². The molecular formula is C15H15N3O. The Morgan fingerprint density at radius 3 is 2.84 bits per heavy atom. The molecule has 0 fully saturated rings. The molecule has 0 atom stereocenters. The standard InChI is InChI=1S/C15H15N3O/c19-15(18-14-4-7-16-8-5-14)12-2-1-11-3-6-17-10-13(11)9-12/h1-2,4-5,7-9,17H,3,6,10H2,(H,16,18,19). The zero-order chi connectivity index (χ0) is 13.1. The fraction of sp³-hybridized carbons (Fsp3) is 0.200. The molecule has 0 radical (unpaired) electrons. The summed E-state index contributed by atoms with van der Waals surface area (Å²) < 4.78 is 0. The van der Waals surface area contributed by atoms with Gasteiger partial charge in [-0.3, -0.25) is 9.78 Å². The van der Waals surface area contributed by atoms with Gasteiger partial charge in [-0.1, -0.05) is 6.07 Å². The molecule has 4 nitrogen and oxygen atoms in total. The summed E-state index contributed by atoms with van der Waals surface area (Å²) in [5.41, 5.74) is 4.00. The van der Waals surface area contributed by atoms with E-state index in [1.807, 2.05) is 12.1 Å². The highest BCUT2D eigenvalue weighted by atomic mass is 16.1. The van der Waals surface area contributed by atoms with Crippen LogP contribution in [0, 0.1) is 0 Å². The molecule has 0 saturated heterocycles. The number of rotatable bonds is 2. The van der Waals surface area contributed by atoms with Crippen LogP contribution in [0.5, 0.6) is 0 Å². The monoisotopic (exact) mass is 253 g/mol. The van der Waals surface area contributed by atoms with Gasteiger partial charge in [0.15, 0.2) is 0 Å². The average Bonchev–Trinajstić information content (AvgIpc) is 2.48. The summed E-state index contributed by atoms with van der Waals surface area (Å²) in [5.74, 6) is -0.0837. The Morgan fingerprint density at radius 1 is 1.16 bits per heavy atom. The van der Waals surface area contributed by atoms with Crippen molar-refractivity contribution in [2.24, 2.45) is 0 Å². The molecule has 0 unspecified atom stereocenters. The number of pyridine rings is 1. The van der Waals surface area contributed by atoms with E-state index < -0.39 is 0 Å². The second-order valence-corrected chi connectivity index (χ2v) is 4.60. The van der Waals surface area contributed by atoms with Crippen molar-refractivity contribution in [2.75, 3.05) is 11.9 Å². The minimum atomic E-state index is -0.0837. The molecule has 2 N–H and O–H groups in total. The minimum Gasteiger partial charge on any atom is -0.322 e. The predicted molar refractivity (Wildman–Crippen MR) is 74.0 cm³/mol.